The number of aliphatic imine (C=N–C) groups is 1. The Hall–Kier alpha value is -1.70. The highest BCUT2D eigenvalue weighted by molar-refractivity contribution is 5.57. The fourth-order valence-corrected chi connectivity index (χ4v) is 1.08. The van der Waals surface area contributed by atoms with Crippen molar-refractivity contribution >= 4 is 12.4 Å². The van der Waals surface area contributed by atoms with Crippen LogP contribution in [0, 0.1) is 0 Å². The predicted octanol–water partition coefficient (Wildman–Crippen LogP) is 0.642. The highest BCUT2D eigenvalue weighted by atomic mass is 14.8. The maximum absolute atomic E-state index is 4.17. The highest BCUT2D eigenvalue weighted by Crippen LogP contribution is 1.79. The molecule has 0 N–H and O–H groups in total. The third-order valence-corrected chi connectivity index (χ3v) is 1.65. The average Bonchev–Trinajstić information content (AvgIpc) is 2.06. The summed E-state index contributed by atoms with van der Waals surface area (Å²) >= 11 is 0. The molecule has 1 aliphatic heterocycles. The molecule has 2 nitrogen and oxygen atoms in total. The van der Waals surface area contributed by atoms with Gasteiger partial charge in [0.25, 0.3) is 0 Å². The first-order chi connectivity index (χ1) is 5.97. The summed E-state index contributed by atoms with van der Waals surface area (Å²) in [7, 11) is 0. The number of rotatable bonds is 0. The van der Waals surface area contributed by atoms with Crippen LogP contribution in [-0.4, -0.2) is 6.34 Å². The number of nitrogens with zero attached hydrogens (tertiary/aromatic N) is 2. The molecule has 58 valence electrons. The third-order valence-electron chi connectivity index (χ3n) is 1.65. The van der Waals surface area contributed by atoms with Crippen molar-refractivity contribution in [1.29, 1.82) is 0 Å². The summed E-state index contributed by atoms with van der Waals surface area (Å²) in [6, 6.07) is 7.96. The van der Waals surface area contributed by atoms with Crippen molar-refractivity contribution in [3.63, 3.8) is 0 Å². The zero-order valence-electron chi connectivity index (χ0n) is 6.51. The van der Waals surface area contributed by atoms with Crippen LogP contribution < -0.4 is 10.6 Å². The van der Waals surface area contributed by atoms with Crippen molar-refractivity contribution in [2.24, 2.45) is 9.98 Å². The first kappa shape index (κ1) is 6.98. The van der Waals surface area contributed by atoms with E-state index in [1.165, 1.54) is 0 Å². The lowest BCUT2D eigenvalue weighted by molar-refractivity contribution is 1.35. The van der Waals surface area contributed by atoms with Crippen LogP contribution in [0.25, 0.3) is 6.08 Å². The van der Waals surface area contributed by atoms with Crippen molar-refractivity contribution in [2.75, 3.05) is 0 Å². The monoisotopic (exact) mass is 156 g/mol. The Labute approximate surface area is 70.3 Å². The minimum Gasteiger partial charge on any atom is -0.245 e. The van der Waals surface area contributed by atoms with Gasteiger partial charge in [-0.25, -0.2) is 9.98 Å². The van der Waals surface area contributed by atoms with Crippen molar-refractivity contribution in [3.05, 3.63) is 47.1 Å². The summed E-state index contributed by atoms with van der Waals surface area (Å²) in [6.45, 7) is 0. The van der Waals surface area contributed by atoms with E-state index in [1.54, 1.807) is 12.5 Å². The molecule has 2 heteroatoms. The molecule has 1 aliphatic rings. The van der Waals surface area contributed by atoms with Gasteiger partial charge in [0.15, 0.2) is 0 Å². The van der Waals surface area contributed by atoms with E-state index < -0.39 is 0 Å². The fourth-order valence-electron chi connectivity index (χ4n) is 1.08. The molecule has 0 amide bonds. The number of benzene rings is 1. The van der Waals surface area contributed by atoms with Gasteiger partial charge in [0.05, 0.1) is 5.36 Å². The van der Waals surface area contributed by atoms with Gasteiger partial charge in [-0.15, -0.1) is 0 Å². The molecule has 1 heterocycles. The molecule has 0 atom stereocenters. The molecule has 0 saturated carbocycles. The Morgan fingerprint density at radius 1 is 1.08 bits per heavy atom. The van der Waals surface area contributed by atoms with Crippen LogP contribution in [0.2, 0.25) is 0 Å². The van der Waals surface area contributed by atoms with E-state index >= 15 is 0 Å². The molecule has 0 radical (unpaired) electrons. The van der Waals surface area contributed by atoms with Gasteiger partial charge in [-0.05, 0) is 12.1 Å². The lowest BCUT2D eigenvalue weighted by Crippen LogP contribution is -2.24. The van der Waals surface area contributed by atoms with E-state index in [-0.39, 0.29) is 0 Å². The Morgan fingerprint density at radius 3 is 3.00 bits per heavy atom. The summed E-state index contributed by atoms with van der Waals surface area (Å²) in [6.07, 6.45) is 7.18. The van der Waals surface area contributed by atoms with Crippen LogP contribution in [0.3, 0.4) is 0 Å². The van der Waals surface area contributed by atoms with Gasteiger partial charge < -0.3 is 0 Å². The maximum Gasteiger partial charge on any atom is 0.116 e. The normalized spacial score (nSPS) is 19.2. The van der Waals surface area contributed by atoms with Crippen LogP contribution in [-0.2, 0) is 0 Å². The molecule has 0 unspecified atom stereocenters. The van der Waals surface area contributed by atoms with Crippen LogP contribution >= 0.6 is 0 Å². The predicted molar refractivity (Wildman–Crippen MR) is 49.3 cm³/mol. The number of hydrogen-bond acceptors (Lipinski definition) is 2. The molecule has 0 aliphatic carbocycles. The van der Waals surface area contributed by atoms with E-state index in [0.717, 1.165) is 10.6 Å². The number of para-hydroxylation sites is 1. The fraction of sp³-hybridized carbons (Fsp3) is 0. The van der Waals surface area contributed by atoms with Gasteiger partial charge in [0.1, 0.15) is 6.34 Å². The van der Waals surface area contributed by atoms with Crippen LogP contribution in [0.5, 0.6) is 0 Å². The highest BCUT2D eigenvalue weighted by Gasteiger charge is 1.83. The Morgan fingerprint density at radius 2 is 2.00 bits per heavy atom. The largest absolute Gasteiger partial charge is 0.245 e. The molecule has 1 aromatic rings. The number of allylic oxidation sites excluding steroid dienone is 1. The van der Waals surface area contributed by atoms with Gasteiger partial charge in [-0.3, -0.25) is 0 Å². The minimum absolute atomic E-state index is 0.964. The Kier molecular flexibility index (Phi) is 1.82. The van der Waals surface area contributed by atoms with Gasteiger partial charge in [0.2, 0.25) is 0 Å². The van der Waals surface area contributed by atoms with Crippen molar-refractivity contribution < 1.29 is 0 Å². The van der Waals surface area contributed by atoms with E-state index in [4.69, 9.17) is 0 Å². The third kappa shape index (κ3) is 1.32. The van der Waals surface area contributed by atoms with Crippen molar-refractivity contribution in [1.82, 2.24) is 0 Å². The molecule has 0 saturated heterocycles. The topological polar surface area (TPSA) is 24.7 Å². The molecule has 2 rings (SSSR count). The standard InChI is InChI=1S/C10H8N2/c1-2-6-10-9(4-1)5-3-7-11-8-12-10/h1-8H/b5-3?,7-3-,9-5-,11-7?,11-8?,12-8?,12-10?. The summed E-state index contributed by atoms with van der Waals surface area (Å²) in [4.78, 5) is 8.10. The van der Waals surface area contributed by atoms with Crippen molar-refractivity contribution in [3.8, 4) is 0 Å². The second-order valence-electron chi connectivity index (χ2n) is 2.46. The zero-order chi connectivity index (χ0) is 8.23. The molecular weight excluding hydrogens is 148 g/mol. The van der Waals surface area contributed by atoms with Gasteiger partial charge in [0, 0.05) is 11.4 Å². The van der Waals surface area contributed by atoms with Gasteiger partial charge >= 0.3 is 0 Å². The Bertz CT molecular complexity index is 398. The SMILES string of the molecule is C1=N/C=C\C=c2\ccccc2=N1. The van der Waals surface area contributed by atoms with E-state index in [1.807, 2.05) is 36.4 Å². The zero-order valence-corrected chi connectivity index (χ0v) is 6.51. The lowest BCUT2D eigenvalue weighted by Gasteiger charge is -1.88. The quantitative estimate of drug-likeness (QED) is 0.526. The Balaban J connectivity index is 2.80. The van der Waals surface area contributed by atoms with E-state index in [2.05, 4.69) is 9.98 Å². The average molecular weight is 156 g/mol. The van der Waals surface area contributed by atoms with Gasteiger partial charge in [-0.2, -0.15) is 0 Å². The summed E-state index contributed by atoms with van der Waals surface area (Å²) < 4.78 is 0. The summed E-state index contributed by atoms with van der Waals surface area (Å²) in [5.74, 6) is 0. The number of hydrogen-bond donors (Lipinski definition) is 0. The first-order valence-electron chi connectivity index (χ1n) is 3.78. The lowest BCUT2D eigenvalue weighted by atomic mass is 10.2. The van der Waals surface area contributed by atoms with E-state index in [0.29, 0.717) is 0 Å². The summed E-state index contributed by atoms with van der Waals surface area (Å²) in [5.41, 5.74) is 0. The first-order valence-corrected chi connectivity index (χ1v) is 3.78. The molecule has 1 aromatic carbocycles. The molecular formula is C10H8N2. The van der Waals surface area contributed by atoms with Gasteiger partial charge in [-0.1, -0.05) is 24.3 Å². The molecule has 0 aromatic heterocycles. The van der Waals surface area contributed by atoms with E-state index in [9.17, 15) is 0 Å². The molecule has 0 bridgehead atoms. The second-order valence-corrected chi connectivity index (χ2v) is 2.46. The molecule has 0 fully saturated rings. The molecule has 12 heavy (non-hydrogen) atoms. The smallest absolute Gasteiger partial charge is 0.116 e. The minimum atomic E-state index is 0.964. The van der Waals surface area contributed by atoms with Crippen LogP contribution in [0.1, 0.15) is 0 Å². The van der Waals surface area contributed by atoms with Crippen molar-refractivity contribution in [2.45, 2.75) is 0 Å². The second kappa shape index (κ2) is 3.13. The van der Waals surface area contributed by atoms with Crippen LogP contribution in [0.15, 0.2) is 46.5 Å². The molecule has 0 spiro atoms. The van der Waals surface area contributed by atoms with Crippen LogP contribution in [0.4, 0.5) is 0 Å². The summed E-state index contributed by atoms with van der Waals surface area (Å²) in [5, 5.41) is 2.09. The number of fused-ring (bicyclic) bond motifs is 1. The maximum atomic E-state index is 4.17.